The van der Waals surface area contributed by atoms with E-state index < -0.39 is 44.6 Å². The number of rotatable bonds is 10. The van der Waals surface area contributed by atoms with E-state index >= 15 is 4.39 Å². The lowest BCUT2D eigenvalue weighted by atomic mass is 9.98. The number of aromatic nitrogens is 3. The zero-order chi connectivity index (χ0) is 26.6. The van der Waals surface area contributed by atoms with Crippen molar-refractivity contribution in [3.05, 3.63) is 83.3 Å². The molecule has 0 spiro atoms. The number of sulfonamides is 1. The first-order chi connectivity index (χ1) is 17.7. The Hall–Kier alpha value is -4.32. The highest BCUT2D eigenvalue weighted by atomic mass is 32.2. The first-order valence-corrected chi connectivity index (χ1v) is 12.8. The zero-order valence-corrected chi connectivity index (χ0v) is 20.4. The predicted molar refractivity (Wildman–Crippen MR) is 137 cm³/mol. The number of halogens is 2. The minimum absolute atomic E-state index is 0.0684. The van der Waals surface area contributed by atoms with Crippen molar-refractivity contribution < 1.29 is 22.0 Å². The van der Waals surface area contributed by atoms with Gasteiger partial charge in [0.25, 0.3) is 0 Å². The van der Waals surface area contributed by atoms with Gasteiger partial charge in [-0.2, -0.15) is 0 Å². The predicted octanol–water partition coefficient (Wildman–Crippen LogP) is 4.75. The average Bonchev–Trinajstić information content (AvgIpc) is 3.30. The van der Waals surface area contributed by atoms with E-state index in [1.807, 2.05) is 0 Å². The third kappa shape index (κ3) is 5.59. The van der Waals surface area contributed by atoms with Gasteiger partial charge in [0, 0.05) is 42.0 Å². The summed E-state index contributed by atoms with van der Waals surface area (Å²) in [5, 5.41) is 8.07. The normalized spacial score (nSPS) is 12.6. The largest absolute Gasteiger partial charge is 0.345 e. The molecule has 190 valence electrons. The summed E-state index contributed by atoms with van der Waals surface area (Å²) in [5.74, 6) is -3.88. The number of benzene rings is 1. The molecule has 9 nitrogen and oxygen atoms in total. The molecule has 0 saturated heterocycles. The zero-order valence-electron chi connectivity index (χ0n) is 19.6. The van der Waals surface area contributed by atoms with Crippen molar-refractivity contribution in [1.29, 1.82) is 5.41 Å². The lowest BCUT2D eigenvalue weighted by Crippen LogP contribution is -2.18. The maximum absolute atomic E-state index is 15.2. The van der Waals surface area contributed by atoms with Gasteiger partial charge in [0.1, 0.15) is 11.5 Å². The molecular formula is C25H22F2N6O3S. The molecule has 37 heavy (non-hydrogen) atoms. The Morgan fingerprint density at radius 2 is 2.05 bits per heavy atom. The number of aromatic amines is 1. The molecule has 0 radical (unpaired) electrons. The topological polar surface area (TPSA) is 141 Å². The van der Waals surface area contributed by atoms with Crippen LogP contribution in [0.3, 0.4) is 0 Å². The lowest BCUT2D eigenvalue weighted by molar-refractivity contribution is 0.103. The van der Waals surface area contributed by atoms with Crippen molar-refractivity contribution in [3.8, 4) is 0 Å². The van der Waals surface area contributed by atoms with Gasteiger partial charge in [-0.1, -0.05) is 13.0 Å². The quantitative estimate of drug-likeness (QED) is 0.203. The highest BCUT2D eigenvalue weighted by Gasteiger charge is 2.26. The van der Waals surface area contributed by atoms with Crippen molar-refractivity contribution in [3.63, 3.8) is 0 Å². The number of H-pyrrole nitrogens is 1. The van der Waals surface area contributed by atoms with Crippen LogP contribution < -0.4 is 4.72 Å². The fraction of sp³-hybridized carbons (Fsp3) is 0.160. The molecule has 1 unspecified atom stereocenters. The SMILES string of the molecule is CCCS(=O)(=O)Nc1ccc(F)c(C(=O)c2c[nH]c3ncc(C(C=N)C=Nc4ccccn4)cc23)c1F. The number of carbonyl (C=O) groups excluding carboxylic acids is 1. The Labute approximate surface area is 211 Å². The van der Waals surface area contributed by atoms with Gasteiger partial charge in [-0.25, -0.2) is 32.2 Å². The molecule has 0 aliphatic carbocycles. The van der Waals surface area contributed by atoms with Crippen LogP contribution in [-0.2, 0) is 10.0 Å². The van der Waals surface area contributed by atoms with Crippen LogP contribution in [-0.4, -0.2) is 47.3 Å². The van der Waals surface area contributed by atoms with Gasteiger partial charge in [0.15, 0.2) is 11.6 Å². The van der Waals surface area contributed by atoms with Gasteiger partial charge in [0.05, 0.1) is 22.9 Å². The number of hydrogen-bond donors (Lipinski definition) is 3. The standard InChI is InChI=1S/C25H22F2N6O3S/c1-2-9-37(35,36)33-20-7-6-19(26)22(23(20)27)24(34)18-14-32-25-17(18)10-15(12-31-25)16(11-28)13-30-21-5-3-4-8-29-21/h3-8,10-14,16,28,33H,2,9H2,1H3,(H,31,32). The first-order valence-electron chi connectivity index (χ1n) is 11.2. The van der Waals surface area contributed by atoms with Crippen LogP contribution >= 0.6 is 0 Å². The van der Waals surface area contributed by atoms with Crippen LogP contribution in [0.2, 0.25) is 0 Å². The van der Waals surface area contributed by atoms with E-state index in [1.54, 1.807) is 37.4 Å². The van der Waals surface area contributed by atoms with Crippen LogP contribution in [0.15, 0.2) is 60.0 Å². The van der Waals surface area contributed by atoms with Crippen molar-refractivity contribution >= 4 is 50.8 Å². The monoisotopic (exact) mass is 524 g/mol. The van der Waals surface area contributed by atoms with E-state index in [4.69, 9.17) is 5.41 Å². The summed E-state index contributed by atoms with van der Waals surface area (Å²) in [6.07, 6.45) is 7.28. The summed E-state index contributed by atoms with van der Waals surface area (Å²) >= 11 is 0. The summed E-state index contributed by atoms with van der Waals surface area (Å²) < 4.78 is 56.1. The summed E-state index contributed by atoms with van der Waals surface area (Å²) in [6, 6.07) is 8.55. The number of nitrogens with one attached hydrogen (secondary N) is 3. The Balaban J connectivity index is 1.72. The molecule has 1 atom stereocenters. The minimum atomic E-state index is -3.87. The van der Waals surface area contributed by atoms with Gasteiger partial charge in [-0.3, -0.25) is 9.52 Å². The van der Waals surface area contributed by atoms with E-state index in [1.165, 1.54) is 18.6 Å². The highest BCUT2D eigenvalue weighted by molar-refractivity contribution is 7.92. The minimum Gasteiger partial charge on any atom is -0.345 e. The van der Waals surface area contributed by atoms with Gasteiger partial charge in [-0.15, -0.1) is 0 Å². The van der Waals surface area contributed by atoms with Gasteiger partial charge >= 0.3 is 0 Å². The van der Waals surface area contributed by atoms with Crippen LogP contribution in [0, 0.1) is 17.0 Å². The second kappa shape index (κ2) is 10.7. The highest BCUT2D eigenvalue weighted by Crippen LogP contribution is 2.28. The number of aliphatic imine (C=N–C) groups is 1. The molecule has 3 heterocycles. The Bertz CT molecular complexity index is 1600. The van der Waals surface area contributed by atoms with E-state index in [0.29, 0.717) is 11.4 Å². The summed E-state index contributed by atoms with van der Waals surface area (Å²) in [6.45, 7) is 1.64. The molecule has 0 amide bonds. The van der Waals surface area contributed by atoms with Crippen LogP contribution in [0.5, 0.6) is 0 Å². The van der Waals surface area contributed by atoms with Gasteiger partial charge in [-0.05, 0) is 42.3 Å². The molecule has 0 bridgehead atoms. The number of nitrogens with zero attached hydrogens (tertiary/aromatic N) is 3. The molecule has 0 fully saturated rings. The Morgan fingerprint density at radius 3 is 2.76 bits per heavy atom. The molecule has 4 aromatic rings. The summed E-state index contributed by atoms with van der Waals surface area (Å²) in [7, 11) is -3.87. The van der Waals surface area contributed by atoms with Gasteiger partial charge < -0.3 is 10.4 Å². The molecule has 0 aliphatic heterocycles. The number of ketones is 1. The van der Waals surface area contributed by atoms with Crippen molar-refractivity contribution in [1.82, 2.24) is 15.0 Å². The third-order valence-corrected chi connectivity index (χ3v) is 6.91. The second-order valence-electron chi connectivity index (χ2n) is 8.06. The second-order valence-corrected chi connectivity index (χ2v) is 9.90. The number of hydrogen-bond acceptors (Lipinski definition) is 7. The van der Waals surface area contributed by atoms with E-state index in [-0.39, 0.29) is 28.8 Å². The average molecular weight is 525 g/mol. The van der Waals surface area contributed by atoms with E-state index in [9.17, 15) is 17.6 Å². The Morgan fingerprint density at radius 1 is 1.24 bits per heavy atom. The molecule has 4 rings (SSSR count). The molecule has 0 saturated carbocycles. The Kier molecular flexibility index (Phi) is 7.48. The van der Waals surface area contributed by atoms with Crippen molar-refractivity contribution in [2.45, 2.75) is 19.3 Å². The molecule has 0 aliphatic rings. The summed E-state index contributed by atoms with van der Waals surface area (Å²) in [4.78, 5) is 28.7. The smallest absolute Gasteiger partial charge is 0.232 e. The maximum atomic E-state index is 15.2. The van der Waals surface area contributed by atoms with Crippen LogP contribution in [0.25, 0.3) is 11.0 Å². The molecule has 3 N–H and O–H groups in total. The molecule has 1 aromatic carbocycles. The number of pyridine rings is 2. The lowest BCUT2D eigenvalue weighted by Gasteiger charge is -2.11. The van der Waals surface area contributed by atoms with Crippen molar-refractivity contribution in [2.75, 3.05) is 10.5 Å². The third-order valence-electron chi connectivity index (χ3n) is 5.43. The van der Waals surface area contributed by atoms with E-state index in [2.05, 4.69) is 24.7 Å². The first kappa shape index (κ1) is 25.8. The van der Waals surface area contributed by atoms with Gasteiger partial charge in [0.2, 0.25) is 15.8 Å². The summed E-state index contributed by atoms with van der Waals surface area (Å²) in [5.41, 5.74) is -0.688. The number of carbonyl (C=O) groups is 1. The molecular weight excluding hydrogens is 502 g/mol. The fourth-order valence-electron chi connectivity index (χ4n) is 3.66. The fourth-order valence-corrected chi connectivity index (χ4v) is 4.80. The molecule has 12 heteroatoms. The van der Waals surface area contributed by atoms with Crippen LogP contribution in [0.1, 0.15) is 40.7 Å². The van der Waals surface area contributed by atoms with E-state index in [0.717, 1.165) is 18.3 Å². The maximum Gasteiger partial charge on any atom is 0.232 e. The van der Waals surface area contributed by atoms with Crippen LogP contribution in [0.4, 0.5) is 20.3 Å². The van der Waals surface area contributed by atoms with Crippen molar-refractivity contribution in [2.24, 2.45) is 4.99 Å². The number of anilines is 1. The molecule has 3 aromatic heterocycles. The number of fused-ring (bicyclic) bond motifs is 1.